The normalized spacial score (nSPS) is 12.1. The van der Waals surface area contributed by atoms with Crippen molar-refractivity contribution in [1.82, 2.24) is 0 Å². The van der Waals surface area contributed by atoms with Gasteiger partial charge < -0.3 is 5.11 Å². The second-order valence-electron chi connectivity index (χ2n) is 8.10. The van der Waals surface area contributed by atoms with Crippen LogP contribution in [0, 0.1) is 0 Å². The average Bonchev–Trinajstić information content (AvgIpc) is 2.73. The first-order valence-electron chi connectivity index (χ1n) is 9.79. The molecule has 0 bridgehead atoms. The molecule has 0 heterocycles. The van der Waals surface area contributed by atoms with Crippen molar-refractivity contribution < 1.29 is 5.11 Å². The average molecular weight is 397 g/mol. The van der Waals surface area contributed by atoms with Gasteiger partial charge in [0.1, 0.15) is 0 Å². The molecule has 0 atom stereocenters. The molecular formula is C27H21ClO. The monoisotopic (exact) mass is 396 g/mol. The van der Waals surface area contributed by atoms with Crippen molar-refractivity contribution in [2.45, 2.75) is 19.4 Å². The summed E-state index contributed by atoms with van der Waals surface area (Å²) < 4.78 is 0. The molecule has 5 aromatic carbocycles. The highest BCUT2D eigenvalue weighted by atomic mass is 35.5. The fraction of sp³-hybridized carbons (Fsp3) is 0.111. The Morgan fingerprint density at radius 1 is 0.621 bits per heavy atom. The Balaban J connectivity index is 1.89. The first kappa shape index (κ1) is 18.2. The highest BCUT2D eigenvalue weighted by Gasteiger charge is 2.21. The van der Waals surface area contributed by atoms with E-state index in [4.69, 9.17) is 11.6 Å². The first-order valence-corrected chi connectivity index (χ1v) is 10.2. The molecule has 0 aliphatic rings. The summed E-state index contributed by atoms with van der Waals surface area (Å²) in [5.74, 6) is 0. The molecule has 2 heteroatoms. The third-order valence-corrected chi connectivity index (χ3v) is 5.93. The third kappa shape index (κ3) is 2.98. The number of hydrogen-bond acceptors (Lipinski definition) is 1. The van der Waals surface area contributed by atoms with Gasteiger partial charge in [-0.1, -0.05) is 78.3 Å². The lowest BCUT2D eigenvalue weighted by molar-refractivity contribution is 0.0792. The number of rotatable bonds is 2. The van der Waals surface area contributed by atoms with E-state index in [-0.39, 0.29) is 0 Å². The Bertz CT molecular complexity index is 1360. The van der Waals surface area contributed by atoms with Crippen LogP contribution >= 0.6 is 11.6 Å². The summed E-state index contributed by atoms with van der Waals surface area (Å²) in [5, 5.41) is 18.8. The van der Waals surface area contributed by atoms with Crippen LogP contribution in [0.15, 0.2) is 84.9 Å². The number of halogens is 1. The molecule has 0 unspecified atom stereocenters. The molecule has 5 aromatic rings. The van der Waals surface area contributed by atoms with Crippen LogP contribution in [0.1, 0.15) is 19.4 Å². The summed E-state index contributed by atoms with van der Waals surface area (Å²) in [7, 11) is 0. The van der Waals surface area contributed by atoms with Crippen molar-refractivity contribution >= 4 is 43.9 Å². The van der Waals surface area contributed by atoms with Crippen molar-refractivity contribution in [1.29, 1.82) is 0 Å². The predicted molar refractivity (Wildman–Crippen MR) is 125 cm³/mol. The zero-order chi connectivity index (χ0) is 20.2. The van der Waals surface area contributed by atoms with Crippen LogP contribution < -0.4 is 0 Å². The molecule has 0 fully saturated rings. The van der Waals surface area contributed by atoms with Crippen LogP contribution in [0.3, 0.4) is 0 Å². The fourth-order valence-corrected chi connectivity index (χ4v) is 4.52. The molecule has 0 saturated carbocycles. The quantitative estimate of drug-likeness (QED) is 0.303. The molecular weight excluding hydrogens is 376 g/mol. The summed E-state index contributed by atoms with van der Waals surface area (Å²) in [6.45, 7) is 3.60. The van der Waals surface area contributed by atoms with Crippen LogP contribution in [0.2, 0.25) is 5.02 Å². The molecule has 0 aliphatic carbocycles. The van der Waals surface area contributed by atoms with Crippen LogP contribution in [-0.2, 0) is 5.60 Å². The van der Waals surface area contributed by atoms with Gasteiger partial charge in [-0.15, -0.1) is 0 Å². The van der Waals surface area contributed by atoms with Crippen molar-refractivity contribution in [3.63, 3.8) is 0 Å². The fourth-order valence-electron chi connectivity index (χ4n) is 4.35. The summed E-state index contributed by atoms with van der Waals surface area (Å²) in [4.78, 5) is 0. The number of benzene rings is 5. The van der Waals surface area contributed by atoms with E-state index in [9.17, 15) is 5.11 Å². The lowest BCUT2D eigenvalue weighted by atomic mass is 9.87. The van der Waals surface area contributed by atoms with Gasteiger partial charge in [0.2, 0.25) is 0 Å². The predicted octanol–water partition coefficient (Wildman–Crippen LogP) is 7.69. The molecule has 0 spiro atoms. The van der Waals surface area contributed by atoms with E-state index in [2.05, 4.69) is 66.7 Å². The molecule has 1 nitrogen and oxygen atoms in total. The molecule has 5 rings (SSSR count). The summed E-state index contributed by atoms with van der Waals surface area (Å²) in [6.07, 6.45) is 0. The molecule has 142 valence electrons. The minimum absolute atomic E-state index is 0.628. The number of aliphatic hydroxyl groups is 1. The molecule has 1 N–H and O–H groups in total. The minimum atomic E-state index is -0.985. The van der Waals surface area contributed by atoms with Crippen molar-refractivity contribution in [2.75, 3.05) is 0 Å². The van der Waals surface area contributed by atoms with Crippen molar-refractivity contribution in [2.24, 2.45) is 0 Å². The molecule has 0 saturated heterocycles. The molecule has 0 radical (unpaired) electrons. The van der Waals surface area contributed by atoms with Gasteiger partial charge in [-0.25, -0.2) is 0 Å². The maximum absolute atomic E-state index is 10.7. The van der Waals surface area contributed by atoms with Gasteiger partial charge in [0.05, 0.1) is 5.60 Å². The SMILES string of the molecule is CC(C)(O)c1cc(Cl)ccc1-c1ccc2c3ccccc3c3ccccc3c2c1. The van der Waals surface area contributed by atoms with E-state index >= 15 is 0 Å². The van der Waals surface area contributed by atoms with Gasteiger partial charge >= 0.3 is 0 Å². The van der Waals surface area contributed by atoms with Gasteiger partial charge in [0.15, 0.2) is 0 Å². The zero-order valence-electron chi connectivity index (χ0n) is 16.4. The Morgan fingerprint density at radius 2 is 1.14 bits per heavy atom. The zero-order valence-corrected chi connectivity index (χ0v) is 17.2. The highest BCUT2D eigenvalue weighted by Crippen LogP contribution is 2.39. The van der Waals surface area contributed by atoms with Crippen LogP contribution in [0.25, 0.3) is 43.4 Å². The largest absolute Gasteiger partial charge is 0.386 e. The Morgan fingerprint density at radius 3 is 1.69 bits per heavy atom. The number of hydrogen-bond donors (Lipinski definition) is 1. The molecule has 0 amide bonds. The topological polar surface area (TPSA) is 20.2 Å². The molecule has 29 heavy (non-hydrogen) atoms. The van der Waals surface area contributed by atoms with Gasteiger partial charge in [0.25, 0.3) is 0 Å². The Hall–Kier alpha value is -2.87. The maximum Gasteiger partial charge on any atom is 0.0847 e. The van der Waals surface area contributed by atoms with Crippen molar-refractivity contribution in [3.05, 3.63) is 95.5 Å². The Kier molecular flexibility index (Phi) is 4.13. The van der Waals surface area contributed by atoms with Crippen LogP contribution in [-0.4, -0.2) is 5.11 Å². The lowest BCUT2D eigenvalue weighted by Gasteiger charge is -2.22. The van der Waals surface area contributed by atoms with E-state index < -0.39 is 5.60 Å². The number of fused-ring (bicyclic) bond motifs is 6. The third-order valence-electron chi connectivity index (χ3n) is 5.70. The second kappa shape index (κ2) is 6.59. The van der Waals surface area contributed by atoms with Crippen LogP contribution in [0.5, 0.6) is 0 Å². The summed E-state index contributed by atoms with van der Waals surface area (Å²) >= 11 is 6.24. The Labute approximate surface area is 175 Å². The van der Waals surface area contributed by atoms with E-state index in [0.29, 0.717) is 5.02 Å². The van der Waals surface area contributed by atoms with Gasteiger partial charge in [0, 0.05) is 5.02 Å². The molecule has 0 aromatic heterocycles. The lowest BCUT2D eigenvalue weighted by Crippen LogP contribution is -2.16. The van der Waals surface area contributed by atoms with Crippen molar-refractivity contribution in [3.8, 4) is 11.1 Å². The van der Waals surface area contributed by atoms with Crippen LogP contribution in [0.4, 0.5) is 0 Å². The smallest absolute Gasteiger partial charge is 0.0847 e. The second-order valence-corrected chi connectivity index (χ2v) is 8.54. The van der Waals surface area contributed by atoms with E-state index in [1.165, 1.54) is 32.3 Å². The van der Waals surface area contributed by atoms with Gasteiger partial charge in [-0.3, -0.25) is 0 Å². The van der Waals surface area contributed by atoms with E-state index in [1.807, 2.05) is 18.2 Å². The first-order chi connectivity index (χ1) is 13.9. The minimum Gasteiger partial charge on any atom is -0.386 e. The highest BCUT2D eigenvalue weighted by molar-refractivity contribution is 6.30. The maximum atomic E-state index is 10.7. The molecule has 0 aliphatic heterocycles. The van der Waals surface area contributed by atoms with Gasteiger partial charge in [-0.05, 0) is 81.1 Å². The van der Waals surface area contributed by atoms with E-state index in [0.717, 1.165) is 16.7 Å². The van der Waals surface area contributed by atoms with E-state index in [1.54, 1.807) is 13.8 Å². The standard InChI is InChI=1S/C27H21ClO/c1-27(2,29)26-16-18(28)12-14-19(26)17-11-13-24-22-9-4-3-7-20(22)21-8-5-6-10-23(21)25(24)15-17/h3-16,29H,1-2H3. The summed E-state index contributed by atoms with van der Waals surface area (Å²) in [5.41, 5.74) is 1.92. The summed E-state index contributed by atoms with van der Waals surface area (Å²) in [6, 6.07) is 29.4. The van der Waals surface area contributed by atoms with Gasteiger partial charge in [-0.2, -0.15) is 0 Å².